The summed E-state index contributed by atoms with van der Waals surface area (Å²) in [5.74, 6) is -2.78. The topological polar surface area (TPSA) is 66.8 Å². The van der Waals surface area contributed by atoms with E-state index >= 15 is 0 Å². The van der Waals surface area contributed by atoms with Crippen LogP contribution in [-0.4, -0.2) is 22.3 Å². The molecule has 0 heterocycles. The molecule has 14 heavy (non-hydrogen) atoms. The monoisotopic (exact) mass is 230 g/mol. The van der Waals surface area contributed by atoms with Gasteiger partial charge in [0, 0.05) is 12.8 Å². The fourth-order valence-corrected chi connectivity index (χ4v) is 1.87. The summed E-state index contributed by atoms with van der Waals surface area (Å²) in [7, 11) is -4.45. The van der Waals surface area contributed by atoms with Crippen molar-refractivity contribution < 1.29 is 27.7 Å². The number of hydrogen-bond donors (Lipinski definition) is 2. The van der Waals surface area contributed by atoms with Crippen molar-refractivity contribution in [3.8, 4) is 0 Å². The van der Waals surface area contributed by atoms with Gasteiger partial charge < -0.3 is 9.79 Å². The van der Waals surface area contributed by atoms with Gasteiger partial charge in [-0.2, -0.15) is 0 Å². The van der Waals surface area contributed by atoms with Crippen LogP contribution in [0.5, 0.6) is 0 Å². The lowest BCUT2D eigenvalue weighted by Gasteiger charge is -2.27. The van der Waals surface area contributed by atoms with Crippen LogP contribution >= 0.6 is 7.82 Å². The van der Waals surface area contributed by atoms with Gasteiger partial charge in [-0.3, -0.25) is 4.52 Å². The van der Waals surface area contributed by atoms with Crippen LogP contribution in [0.3, 0.4) is 0 Å². The first-order valence-corrected chi connectivity index (χ1v) is 5.89. The molecule has 1 saturated carbocycles. The van der Waals surface area contributed by atoms with Gasteiger partial charge in [0.25, 0.3) is 0 Å². The van der Waals surface area contributed by atoms with Gasteiger partial charge in [0.1, 0.15) is 0 Å². The summed E-state index contributed by atoms with van der Waals surface area (Å²) in [5.41, 5.74) is 0. The molecule has 0 bridgehead atoms. The number of phosphoric acid groups is 1. The average molecular weight is 230 g/mol. The van der Waals surface area contributed by atoms with Crippen molar-refractivity contribution in [2.75, 3.05) is 6.61 Å². The minimum absolute atomic E-state index is 0.139. The fraction of sp³-hybridized carbons (Fsp3) is 1.00. The second kappa shape index (κ2) is 4.23. The molecule has 0 aliphatic heterocycles. The van der Waals surface area contributed by atoms with Crippen LogP contribution in [0.1, 0.15) is 25.7 Å². The van der Waals surface area contributed by atoms with Crippen molar-refractivity contribution in [2.24, 2.45) is 5.92 Å². The summed E-state index contributed by atoms with van der Waals surface area (Å²) >= 11 is 0. The summed E-state index contributed by atoms with van der Waals surface area (Å²) < 4.78 is 39.9. The third-order valence-corrected chi connectivity index (χ3v) is 2.80. The Labute approximate surface area is 80.5 Å². The molecule has 0 spiro atoms. The van der Waals surface area contributed by atoms with Crippen molar-refractivity contribution in [1.82, 2.24) is 0 Å². The Kier molecular flexibility index (Phi) is 3.63. The lowest BCUT2D eigenvalue weighted by Crippen LogP contribution is -2.26. The third kappa shape index (κ3) is 4.46. The molecule has 1 aliphatic carbocycles. The number of rotatable bonds is 3. The van der Waals surface area contributed by atoms with Crippen molar-refractivity contribution >= 4 is 7.82 Å². The number of alkyl halides is 2. The minimum atomic E-state index is -4.45. The van der Waals surface area contributed by atoms with Crippen LogP contribution in [0.15, 0.2) is 0 Å². The Morgan fingerprint density at radius 2 is 1.86 bits per heavy atom. The quantitative estimate of drug-likeness (QED) is 0.727. The molecule has 4 nitrogen and oxygen atoms in total. The zero-order chi connectivity index (χ0) is 10.8. The van der Waals surface area contributed by atoms with Crippen LogP contribution in [0.2, 0.25) is 0 Å². The molecule has 1 aliphatic rings. The van der Waals surface area contributed by atoms with Crippen molar-refractivity contribution in [3.63, 3.8) is 0 Å². The molecule has 0 unspecified atom stereocenters. The van der Waals surface area contributed by atoms with Crippen molar-refractivity contribution in [1.29, 1.82) is 0 Å². The molecular weight excluding hydrogens is 217 g/mol. The summed E-state index contributed by atoms with van der Waals surface area (Å²) in [6.07, 6.45) is 0.0738. The van der Waals surface area contributed by atoms with E-state index in [9.17, 15) is 13.3 Å². The Hall–Kier alpha value is -0.0300. The Morgan fingerprint density at radius 1 is 1.36 bits per heavy atom. The number of hydrogen-bond acceptors (Lipinski definition) is 2. The average Bonchev–Trinajstić information content (AvgIpc) is 2.01. The van der Waals surface area contributed by atoms with E-state index in [-0.39, 0.29) is 38.2 Å². The van der Waals surface area contributed by atoms with Crippen LogP contribution in [0.4, 0.5) is 8.78 Å². The SMILES string of the molecule is O=P(O)(O)OCC1CCC(F)(F)CC1. The molecule has 0 aromatic carbocycles. The van der Waals surface area contributed by atoms with Gasteiger partial charge in [-0.25, -0.2) is 13.3 Å². The molecule has 0 aromatic heterocycles. The second-order valence-electron chi connectivity index (χ2n) is 3.59. The fourth-order valence-electron chi connectivity index (χ4n) is 1.47. The number of phosphoric ester groups is 1. The van der Waals surface area contributed by atoms with Gasteiger partial charge in [0.15, 0.2) is 0 Å². The van der Waals surface area contributed by atoms with Gasteiger partial charge in [-0.05, 0) is 18.8 Å². The normalized spacial score (nSPS) is 23.7. The largest absolute Gasteiger partial charge is 0.469 e. The molecule has 0 atom stereocenters. The summed E-state index contributed by atoms with van der Waals surface area (Å²) in [6.45, 7) is -0.139. The Bertz CT molecular complexity index is 230. The van der Waals surface area contributed by atoms with E-state index < -0.39 is 13.7 Å². The standard InChI is InChI=1S/C7H13F2O4P/c8-7(9)3-1-6(2-4-7)5-13-14(10,11)12/h6H,1-5H2,(H2,10,11,12). The molecule has 84 valence electrons. The molecule has 1 fully saturated rings. The molecular formula is C7H13F2O4P. The van der Waals surface area contributed by atoms with Gasteiger partial charge in [-0.1, -0.05) is 0 Å². The Balaban J connectivity index is 2.26. The maximum atomic E-state index is 12.7. The molecule has 0 radical (unpaired) electrons. The van der Waals surface area contributed by atoms with E-state index in [1.54, 1.807) is 0 Å². The van der Waals surface area contributed by atoms with Gasteiger partial charge in [0.05, 0.1) is 6.61 Å². The predicted octanol–water partition coefficient (Wildman–Crippen LogP) is 1.92. The van der Waals surface area contributed by atoms with Crippen molar-refractivity contribution in [3.05, 3.63) is 0 Å². The smallest absolute Gasteiger partial charge is 0.303 e. The highest BCUT2D eigenvalue weighted by Gasteiger charge is 2.35. The second-order valence-corrected chi connectivity index (χ2v) is 4.83. The summed E-state index contributed by atoms with van der Waals surface area (Å²) in [4.78, 5) is 16.8. The maximum Gasteiger partial charge on any atom is 0.469 e. The molecule has 7 heteroatoms. The van der Waals surface area contributed by atoms with E-state index in [4.69, 9.17) is 9.79 Å². The molecule has 0 amide bonds. The highest BCUT2D eigenvalue weighted by atomic mass is 31.2. The van der Waals surface area contributed by atoms with Crippen LogP contribution in [-0.2, 0) is 9.09 Å². The first-order chi connectivity index (χ1) is 6.29. The van der Waals surface area contributed by atoms with Crippen molar-refractivity contribution in [2.45, 2.75) is 31.6 Å². The van der Waals surface area contributed by atoms with Crippen LogP contribution in [0.25, 0.3) is 0 Å². The molecule has 0 aromatic rings. The minimum Gasteiger partial charge on any atom is -0.303 e. The maximum absolute atomic E-state index is 12.7. The lowest BCUT2D eigenvalue weighted by molar-refractivity contribution is -0.0506. The van der Waals surface area contributed by atoms with E-state index in [2.05, 4.69) is 4.52 Å². The number of halogens is 2. The van der Waals surface area contributed by atoms with Gasteiger partial charge >= 0.3 is 7.82 Å². The van der Waals surface area contributed by atoms with E-state index in [0.717, 1.165) is 0 Å². The molecule has 1 rings (SSSR count). The highest BCUT2D eigenvalue weighted by molar-refractivity contribution is 7.46. The molecule has 0 saturated heterocycles. The first kappa shape index (κ1) is 12.0. The first-order valence-electron chi connectivity index (χ1n) is 4.36. The van der Waals surface area contributed by atoms with E-state index in [0.29, 0.717) is 0 Å². The predicted molar refractivity (Wildman–Crippen MR) is 44.9 cm³/mol. The summed E-state index contributed by atoms with van der Waals surface area (Å²) in [6, 6.07) is 0. The van der Waals surface area contributed by atoms with E-state index in [1.165, 1.54) is 0 Å². The Morgan fingerprint density at radius 3 is 2.29 bits per heavy atom. The third-order valence-electron chi connectivity index (χ3n) is 2.32. The summed E-state index contributed by atoms with van der Waals surface area (Å²) in [5, 5.41) is 0. The van der Waals surface area contributed by atoms with Crippen LogP contribution in [0, 0.1) is 5.92 Å². The lowest BCUT2D eigenvalue weighted by atomic mass is 9.87. The van der Waals surface area contributed by atoms with Gasteiger partial charge in [0.2, 0.25) is 5.92 Å². The van der Waals surface area contributed by atoms with Gasteiger partial charge in [-0.15, -0.1) is 0 Å². The van der Waals surface area contributed by atoms with Crippen LogP contribution < -0.4 is 0 Å². The van der Waals surface area contributed by atoms with E-state index in [1.807, 2.05) is 0 Å². The highest BCUT2D eigenvalue weighted by Crippen LogP contribution is 2.40. The molecule has 2 N–H and O–H groups in total. The zero-order valence-corrected chi connectivity index (χ0v) is 8.42. The zero-order valence-electron chi connectivity index (χ0n) is 7.53.